The molecule has 0 bridgehead atoms. The number of nitro benzene ring substituents is 1. The molecule has 5 heteroatoms. The minimum absolute atomic E-state index is 0.0202. The van der Waals surface area contributed by atoms with Crippen LogP contribution in [0.1, 0.15) is 35.7 Å². The van der Waals surface area contributed by atoms with Gasteiger partial charge in [0.15, 0.2) is 0 Å². The Kier molecular flexibility index (Phi) is 4.63. The fraction of sp³-hybridized carbons (Fsp3) is 0.417. The number of hydrogen-bond donors (Lipinski definition) is 1. The number of carbonyl (C=O) groups is 1. The highest BCUT2D eigenvalue weighted by Gasteiger charge is 2.17. The third-order valence-electron chi connectivity index (χ3n) is 2.56. The number of benzene rings is 1. The van der Waals surface area contributed by atoms with Crippen molar-refractivity contribution in [3.8, 4) is 0 Å². The van der Waals surface area contributed by atoms with E-state index in [2.05, 4.69) is 5.32 Å². The molecule has 1 aromatic rings. The van der Waals surface area contributed by atoms with Gasteiger partial charge in [-0.05, 0) is 19.4 Å². The second-order valence-electron chi connectivity index (χ2n) is 3.82. The van der Waals surface area contributed by atoms with Crippen molar-refractivity contribution in [3.63, 3.8) is 0 Å². The van der Waals surface area contributed by atoms with Crippen molar-refractivity contribution in [2.24, 2.45) is 0 Å². The summed E-state index contributed by atoms with van der Waals surface area (Å²) in [6.07, 6.45) is 1.90. The Morgan fingerprint density at radius 1 is 1.47 bits per heavy atom. The second-order valence-corrected chi connectivity index (χ2v) is 3.82. The highest BCUT2D eigenvalue weighted by molar-refractivity contribution is 5.96. The van der Waals surface area contributed by atoms with Gasteiger partial charge in [-0.25, -0.2) is 0 Å². The Bertz CT molecular complexity index is 430. The highest BCUT2D eigenvalue weighted by atomic mass is 16.6. The molecule has 5 nitrogen and oxygen atoms in total. The average molecular weight is 236 g/mol. The molecular weight excluding hydrogens is 220 g/mol. The van der Waals surface area contributed by atoms with Crippen LogP contribution in [0.15, 0.2) is 18.2 Å². The Morgan fingerprint density at radius 3 is 2.76 bits per heavy atom. The van der Waals surface area contributed by atoms with E-state index in [0.717, 1.165) is 12.8 Å². The molecule has 0 heterocycles. The van der Waals surface area contributed by atoms with E-state index in [9.17, 15) is 14.9 Å². The minimum Gasteiger partial charge on any atom is -0.352 e. The summed E-state index contributed by atoms with van der Waals surface area (Å²) in [4.78, 5) is 22.0. The standard InChI is InChI=1S/C12H16N2O3/c1-3-4-8-13-12(15)10-6-5-7-11(9(10)2)14(16)17/h5-7H,3-4,8H2,1-2H3,(H,13,15). The number of nitrogens with one attached hydrogen (secondary N) is 1. The third-order valence-corrected chi connectivity index (χ3v) is 2.56. The van der Waals surface area contributed by atoms with Crippen molar-refractivity contribution in [1.29, 1.82) is 0 Å². The number of hydrogen-bond acceptors (Lipinski definition) is 3. The summed E-state index contributed by atoms with van der Waals surface area (Å²) in [7, 11) is 0. The van der Waals surface area contributed by atoms with Gasteiger partial charge in [0.2, 0.25) is 0 Å². The molecule has 92 valence electrons. The molecule has 1 aromatic carbocycles. The summed E-state index contributed by atoms with van der Waals surface area (Å²) in [6.45, 7) is 4.22. The fourth-order valence-electron chi connectivity index (χ4n) is 1.54. The normalized spacial score (nSPS) is 10.0. The van der Waals surface area contributed by atoms with Gasteiger partial charge in [-0.2, -0.15) is 0 Å². The van der Waals surface area contributed by atoms with Crippen molar-refractivity contribution >= 4 is 11.6 Å². The lowest BCUT2D eigenvalue weighted by molar-refractivity contribution is -0.385. The maximum absolute atomic E-state index is 11.8. The number of nitro groups is 1. The maximum Gasteiger partial charge on any atom is 0.273 e. The largest absolute Gasteiger partial charge is 0.352 e. The third kappa shape index (κ3) is 3.27. The van der Waals surface area contributed by atoms with Gasteiger partial charge in [0, 0.05) is 23.7 Å². The van der Waals surface area contributed by atoms with Crippen LogP contribution in [0, 0.1) is 17.0 Å². The van der Waals surface area contributed by atoms with Gasteiger partial charge >= 0.3 is 0 Å². The molecule has 0 spiro atoms. The number of carbonyl (C=O) groups excluding carboxylic acids is 1. The van der Waals surface area contributed by atoms with Crippen LogP contribution in [0.2, 0.25) is 0 Å². The Morgan fingerprint density at radius 2 is 2.18 bits per heavy atom. The van der Waals surface area contributed by atoms with E-state index < -0.39 is 4.92 Å². The van der Waals surface area contributed by atoms with Crippen LogP contribution in [-0.2, 0) is 0 Å². The molecule has 0 aliphatic rings. The molecule has 0 aliphatic heterocycles. The van der Waals surface area contributed by atoms with Crippen molar-refractivity contribution in [2.45, 2.75) is 26.7 Å². The van der Waals surface area contributed by atoms with Crippen LogP contribution in [0.3, 0.4) is 0 Å². The van der Waals surface area contributed by atoms with Crippen LogP contribution in [0.25, 0.3) is 0 Å². The maximum atomic E-state index is 11.8. The molecule has 0 aliphatic carbocycles. The lowest BCUT2D eigenvalue weighted by Gasteiger charge is -2.07. The first kappa shape index (κ1) is 13.2. The zero-order valence-corrected chi connectivity index (χ0v) is 10.0. The zero-order chi connectivity index (χ0) is 12.8. The fourth-order valence-corrected chi connectivity index (χ4v) is 1.54. The van der Waals surface area contributed by atoms with E-state index in [-0.39, 0.29) is 11.6 Å². The number of rotatable bonds is 5. The molecule has 1 N–H and O–H groups in total. The van der Waals surface area contributed by atoms with Crippen molar-refractivity contribution < 1.29 is 9.72 Å². The van der Waals surface area contributed by atoms with Crippen LogP contribution in [0.4, 0.5) is 5.69 Å². The Labute approximate surface area is 100.0 Å². The SMILES string of the molecule is CCCCNC(=O)c1cccc([N+](=O)[O-])c1C. The van der Waals surface area contributed by atoms with Crippen LogP contribution >= 0.6 is 0 Å². The molecular formula is C12H16N2O3. The summed E-state index contributed by atoms with van der Waals surface area (Å²) in [6, 6.07) is 4.53. The van der Waals surface area contributed by atoms with Gasteiger partial charge < -0.3 is 5.32 Å². The molecule has 0 radical (unpaired) electrons. The van der Waals surface area contributed by atoms with Crippen LogP contribution in [0.5, 0.6) is 0 Å². The second kappa shape index (κ2) is 5.98. The summed E-state index contributed by atoms with van der Waals surface area (Å²) >= 11 is 0. The predicted molar refractivity (Wildman–Crippen MR) is 65.1 cm³/mol. The zero-order valence-electron chi connectivity index (χ0n) is 10.0. The number of amides is 1. The molecule has 0 saturated heterocycles. The molecule has 0 atom stereocenters. The quantitative estimate of drug-likeness (QED) is 0.485. The van der Waals surface area contributed by atoms with Crippen molar-refractivity contribution in [1.82, 2.24) is 5.32 Å². The van der Waals surface area contributed by atoms with Crippen molar-refractivity contribution in [2.75, 3.05) is 6.54 Å². The lowest BCUT2D eigenvalue weighted by atomic mass is 10.1. The van der Waals surface area contributed by atoms with E-state index >= 15 is 0 Å². The Balaban J connectivity index is 2.87. The predicted octanol–water partition coefficient (Wildman–Crippen LogP) is 2.43. The number of nitrogens with zero attached hydrogens (tertiary/aromatic N) is 1. The topological polar surface area (TPSA) is 72.2 Å². The van der Waals surface area contributed by atoms with E-state index in [1.54, 1.807) is 13.0 Å². The number of unbranched alkanes of at least 4 members (excludes halogenated alkanes) is 1. The summed E-state index contributed by atoms with van der Waals surface area (Å²) < 4.78 is 0. The average Bonchev–Trinajstić information content (AvgIpc) is 2.29. The van der Waals surface area contributed by atoms with Gasteiger partial charge in [0.25, 0.3) is 11.6 Å². The van der Waals surface area contributed by atoms with E-state index in [0.29, 0.717) is 17.7 Å². The molecule has 1 rings (SSSR count). The molecule has 0 unspecified atom stereocenters. The first-order chi connectivity index (χ1) is 8.07. The summed E-state index contributed by atoms with van der Waals surface area (Å²) in [5, 5.41) is 13.5. The minimum atomic E-state index is -0.474. The van der Waals surface area contributed by atoms with Crippen molar-refractivity contribution in [3.05, 3.63) is 39.4 Å². The first-order valence-corrected chi connectivity index (χ1v) is 5.60. The van der Waals surface area contributed by atoms with E-state index in [1.165, 1.54) is 12.1 Å². The lowest BCUT2D eigenvalue weighted by Crippen LogP contribution is -2.25. The van der Waals surface area contributed by atoms with Gasteiger partial charge in [-0.1, -0.05) is 19.4 Å². The smallest absolute Gasteiger partial charge is 0.273 e. The van der Waals surface area contributed by atoms with Crippen LogP contribution < -0.4 is 5.32 Å². The highest BCUT2D eigenvalue weighted by Crippen LogP contribution is 2.20. The molecule has 0 aromatic heterocycles. The van der Waals surface area contributed by atoms with Crippen LogP contribution in [-0.4, -0.2) is 17.4 Å². The Hall–Kier alpha value is -1.91. The summed E-state index contributed by atoms with van der Waals surface area (Å²) in [5.74, 6) is -0.250. The molecule has 0 fully saturated rings. The van der Waals surface area contributed by atoms with Gasteiger partial charge in [0.05, 0.1) is 4.92 Å². The van der Waals surface area contributed by atoms with E-state index in [4.69, 9.17) is 0 Å². The summed E-state index contributed by atoms with van der Waals surface area (Å²) in [5.41, 5.74) is 0.759. The van der Waals surface area contributed by atoms with Gasteiger partial charge in [0.1, 0.15) is 0 Å². The molecule has 0 saturated carbocycles. The monoisotopic (exact) mass is 236 g/mol. The van der Waals surface area contributed by atoms with E-state index in [1.807, 2.05) is 6.92 Å². The van der Waals surface area contributed by atoms with Gasteiger partial charge in [-0.3, -0.25) is 14.9 Å². The molecule has 1 amide bonds. The molecule has 17 heavy (non-hydrogen) atoms. The van der Waals surface area contributed by atoms with Gasteiger partial charge in [-0.15, -0.1) is 0 Å². The first-order valence-electron chi connectivity index (χ1n) is 5.60.